The fourth-order valence-electron chi connectivity index (χ4n) is 1.50. The highest BCUT2D eigenvalue weighted by atomic mass is 32.1. The third-order valence-corrected chi connectivity index (χ3v) is 3.98. The standard InChI is InChI=1S/C12H16N4OS/c1-3-7(2)6-16-11(17)10-8(13)9-12(18-10)15-5-4-14-9/h4-5,7H,3,6,13H2,1-2H3,(H,16,17). The first-order valence-electron chi connectivity index (χ1n) is 5.90. The molecule has 0 aliphatic carbocycles. The van der Waals surface area contributed by atoms with Crippen LogP contribution in [0.5, 0.6) is 0 Å². The summed E-state index contributed by atoms with van der Waals surface area (Å²) in [5.74, 6) is 0.318. The fraction of sp³-hybridized carbons (Fsp3) is 0.417. The minimum Gasteiger partial charge on any atom is -0.396 e. The summed E-state index contributed by atoms with van der Waals surface area (Å²) in [6.45, 7) is 4.85. The third-order valence-electron chi connectivity index (χ3n) is 2.88. The van der Waals surface area contributed by atoms with Crippen LogP contribution < -0.4 is 11.1 Å². The molecule has 0 aromatic carbocycles. The zero-order valence-corrected chi connectivity index (χ0v) is 11.3. The van der Waals surface area contributed by atoms with Gasteiger partial charge in [-0.3, -0.25) is 4.79 Å². The van der Waals surface area contributed by atoms with Crippen LogP contribution in [-0.4, -0.2) is 22.4 Å². The molecule has 2 rings (SSSR count). The number of carbonyl (C=O) groups excluding carboxylic acids is 1. The highest BCUT2D eigenvalue weighted by molar-refractivity contribution is 7.21. The number of nitrogen functional groups attached to an aromatic ring is 1. The molecular weight excluding hydrogens is 248 g/mol. The van der Waals surface area contributed by atoms with Crippen molar-refractivity contribution >= 4 is 33.3 Å². The lowest BCUT2D eigenvalue weighted by molar-refractivity contribution is 0.0952. The van der Waals surface area contributed by atoms with E-state index in [1.54, 1.807) is 12.4 Å². The molecule has 0 bridgehead atoms. The summed E-state index contributed by atoms with van der Waals surface area (Å²) in [4.78, 5) is 21.5. The van der Waals surface area contributed by atoms with Crippen molar-refractivity contribution in [2.24, 2.45) is 5.92 Å². The van der Waals surface area contributed by atoms with Crippen LogP contribution in [0.15, 0.2) is 12.4 Å². The highest BCUT2D eigenvalue weighted by Gasteiger charge is 2.17. The Labute approximate surface area is 109 Å². The van der Waals surface area contributed by atoms with E-state index in [4.69, 9.17) is 5.73 Å². The van der Waals surface area contributed by atoms with E-state index in [0.717, 1.165) is 6.42 Å². The van der Waals surface area contributed by atoms with Crippen molar-refractivity contribution in [1.82, 2.24) is 15.3 Å². The van der Waals surface area contributed by atoms with E-state index in [9.17, 15) is 4.79 Å². The normalized spacial score (nSPS) is 12.6. The predicted octanol–water partition coefficient (Wildman–Crippen LogP) is 2.05. The molecule has 2 aromatic rings. The largest absolute Gasteiger partial charge is 0.396 e. The van der Waals surface area contributed by atoms with Crippen LogP contribution in [0.2, 0.25) is 0 Å². The monoisotopic (exact) mass is 264 g/mol. The number of anilines is 1. The molecule has 3 N–H and O–H groups in total. The van der Waals surface area contributed by atoms with Crippen molar-refractivity contribution in [2.75, 3.05) is 12.3 Å². The van der Waals surface area contributed by atoms with Gasteiger partial charge in [0.15, 0.2) is 0 Å². The zero-order chi connectivity index (χ0) is 13.1. The quantitative estimate of drug-likeness (QED) is 0.885. The minimum atomic E-state index is -0.141. The van der Waals surface area contributed by atoms with Gasteiger partial charge in [0.25, 0.3) is 5.91 Å². The number of nitrogens with two attached hydrogens (primary N) is 1. The summed E-state index contributed by atoms with van der Waals surface area (Å²) in [5.41, 5.74) is 6.95. The van der Waals surface area contributed by atoms with E-state index in [0.29, 0.717) is 33.4 Å². The molecule has 5 nitrogen and oxygen atoms in total. The number of hydrogen-bond acceptors (Lipinski definition) is 5. The average molecular weight is 264 g/mol. The molecule has 0 saturated heterocycles. The Morgan fingerprint density at radius 2 is 2.22 bits per heavy atom. The first-order chi connectivity index (χ1) is 8.63. The van der Waals surface area contributed by atoms with Crippen LogP contribution in [0.3, 0.4) is 0 Å². The number of fused-ring (bicyclic) bond motifs is 1. The molecule has 2 heterocycles. The molecule has 18 heavy (non-hydrogen) atoms. The van der Waals surface area contributed by atoms with Gasteiger partial charge in [-0.05, 0) is 5.92 Å². The maximum atomic E-state index is 12.0. The molecule has 0 spiro atoms. The molecule has 6 heteroatoms. The van der Waals surface area contributed by atoms with Gasteiger partial charge in [0, 0.05) is 18.9 Å². The second-order valence-electron chi connectivity index (χ2n) is 4.28. The summed E-state index contributed by atoms with van der Waals surface area (Å²) >= 11 is 1.28. The molecule has 1 unspecified atom stereocenters. The summed E-state index contributed by atoms with van der Waals surface area (Å²) in [6, 6.07) is 0. The molecule has 0 saturated carbocycles. The van der Waals surface area contributed by atoms with Gasteiger partial charge in [-0.25, -0.2) is 9.97 Å². The SMILES string of the molecule is CCC(C)CNC(=O)c1sc2nccnc2c1N. The van der Waals surface area contributed by atoms with Gasteiger partial charge < -0.3 is 11.1 Å². The lowest BCUT2D eigenvalue weighted by Crippen LogP contribution is -2.27. The van der Waals surface area contributed by atoms with Gasteiger partial charge in [-0.15, -0.1) is 11.3 Å². The van der Waals surface area contributed by atoms with Crippen LogP contribution in [-0.2, 0) is 0 Å². The van der Waals surface area contributed by atoms with Crippen LogP contribution in [0.1, 0.15) is 29.9 Å². The fourth-order valence-corrected chi connectivity index (χ4v) is 2.44. The molecule has 1 amide bonds. The second-order valence-corrected chi connectivity index (χ2v) is 5.28. The molecule has 0 fully saturated rings. The van der Waals surface area contributed by atoms with Crippen LogP contribution in [0.25, 0.3) is 10.3 Å². The number of hydrogen-bond donors (Lipinski definition) is 2. The smallest absolute Gasteiger partial charge is 0.263 e. The maximum absolute atomic E-state index is 12.0. The maximum Gasteiger partial charge on any atom is 0.263 e. The van der Waals surface area contributed by atoms with Gasteiger partial charge >= 0.3 is 0 Å². The van der Waals surface area contributed by atoms with Gasteiger partial charge in [0.05, 0.1) is 5.69 Å². The van der Waals surface area contributed by atoms with Crippen molar-refractivity contribution in [2.45, 2.75) is 20.3 Å². The zero-order valence-electron chi connectivity index (χ0n) is 10.4. The van der Waals surface area contributed by atoms with Crippen molar-refractivity contribution in [3.05, 3.63) is 17.3 Å². The van der Waals surface area contributed by atoms with Crippen molar-refractivity contribution in [1.29, 1.82) is 0 Å². The molecule has 2 aromatic heterocycles. The lowest BCUT2D eigenvalue weighted by Gasteiger charge is -2.09. The number of amides is 1. The first kappa shape index (κ1) is 12.8. The number of thiophene rings is 1. The molecule has 0 aliphatic heterocycles. The van der Waals surface area contributed by atoms with Crippen molar-refractivity contribution in [3.8, 4) is 0 Å². The van der Waals surface area contributed by atoms with E-state index >= 15 is 0 Å². The van der Waals surface area contributed by atoms with E-state index in [2.05, 4.69) is 29.1 Å². The summed E-state index contributed by atoms with van der Waals surface area (Å²) in [7, 11) is 0. The third kappa shape index (κ3) is 2.43. The predicted molar refractivity (Wildman–Crippen MR) is 73.6 cm³/mol. The average Bonchev–Trinajstić information content (AvgIpc) is 2.73. The number of aromatic nitrogens is 2. The Bertz CT molecular complexity index is 566. The first-order valence-corrected chi connectivity index (χ1v) is 6.72. The summed E-state index contributed by atoms with van der Waals surface area (Å²) < 4.78 is 0. The highest BCUT2D eigenvalue weighted by Crippen LogP contribution is 2.30. The number of nitrogens with zero attached hydrogens (tertiary/aromatic N) is 2. The van der Waals surface area contributed by atoms with Crippen molar-refractivity contribution in [3.63, 3.8) is 0 Å². The van der Waals surface area contributed by atoms with E-state index < -0.39 is 0 Å². The number of rotatable bonds is 4. The van der Waals surface area contributed by atoms with Gasteiger partial charge in [-0.1, -0.05) is 20.3 Å². The summed E-state index contributed by atoms with van der Waals surface area (Å²) in [6.07, 6.45) is 4.21. The topological polar surface area (TPSA) is 80.9 Å². The van der Waals surface area contributed by atoms with Crippen LogP contribution >= 0.6 is 11.3 Å². The Morgan fingerprint density at radius 1 is 1.50 bits per heavy atom. The number of nitrogens with one attached hydrogen (secondary N) is 1. The molecule has 96 valence electrons. The summed E-state index contributed by atoms with van der Waals surface area (Å²) in [5, 5.41) is 2.89. The Morgan fingerprint density at radius 3 is 2.89 bits per heavy atom. The Hall–Kier alpha value is -1.69. The molecule has 0 aliphatic rings. The van der Waals surface area contributed by atoms with E-state index in [-0.39, 0.29) is 5.91 Å². The van der Waals surface area contributed by atoms with Gasteiger partial charge in [0.2, 0.25) is 0 Å². The molecular formula is C12H16N4OS. The number of carbonyl (C=O) groups is 1. The van der Waals surface area contributed by atoms with Crippen LogP contribution in [0, 0.1) is 5.92 Å². The van der Waals surface area contributed by atoms with Gasteiger partial charge in [-0.2, -0.15) is 0 Å². The molecule has 0 radical (unpaired) electrons. The van der Waals surface area contributed by atoms with Crippen LogP contribution in [0.4, 0.5) is 5.69 Å². The van der Waals surface area contributed by atoms with Crippen molar-refractivity contribution < 1.29 is 4.79 Å². The minimum absolute atomic E-state index is 0.141. The van der Waals surface area contributed by atoms with Gasteiger partial charge in [0.1, 0.15) is 15.2 Å². The Balaban J connectivity index is 2.20. The van der Waals surface area contributed by atoms with E-state index in [1.807, 2.05) is 0 Å². The second kappa shape index (κ2) is 5.30. The molecule has 1 atom stereocenters. The lowest BCUT2D eigenvalue weighted by atomic mass is 10.1. The Kier molecular flexibility index (Phi) is 3.76. The van der Waals surface area contributed by atoms with E-state index in [1.165, 1.54) is 11.3 Å².